The van der Waals surface area contributed by atoms with Gasteiger partial charge in [0.25, 0.3) is 0 Å². The monoisotopic (exact) mass is 281 g/mol. The highest BCUT2D eigenvalue weighted by atomic mass is 16.5. The number of carbonyl (C=O) groups excluding carboxylic acids is 1. The Bertz CT molecular complexity index is 780. The first kappa shape index (κ1) is 13.3. The summed E-state index contributed by atoms with van der Waals surface area (Å²) in [4.78, 5) is 12.2. The van der Waals surface area contributed by atoms with E-state index in [-0.39, 0.29) is 5.78 Å². The molecule has 3 aromatic rings. The third-order valence-electron chi connectivity index (χ3n) is 3.36. The summed E-state index contributed by atoms with van der Waals surface area (Å²) in [5, 5.41) is 8.16. The molecule has 0 fully saturated rings. The van der Waals surface area contributed by atoms with Crippen LogP contribution in [-0.4, -0.2) is 27.9 Å². The minimum absolute atomic E-state index is 0.0634. The predicted molar refractivity (Wildman–Crippen MR) is 79.5 cm³/mol. The summed E-state index contributed by atoms with van der Waals surface area (Å²) in [6.07, 6.45) is 0.376. The third-order valence-corrected chi connectivity index (χ3v) is 3.36. The number of carbonyl (C=O) groups is 1. The Morgan fingerprint density at radius 3 is 2.90 bits per heavy atom. The normalized spacial score (nSPS) is 10.7. The lowest BCUT2D eigenvalue weighted by Crippen LogP contribution is -2.07. The fourth-order valence-electron chi connectivity index (χ4n) is 2.23. The molecule has 3 rings (SSSR count). The smallest absolute Gasteiger partial charge is 0.164 e. The molecule has 0 aliphatic heterocycles. The van der Waals surface area contributed by atoms with Crippen molar-refractivity contribution in [3.63, 3.8) is 0 Å². The SMILES string of the molecule is COc1cccc(C(=O)CCn2nnc3ccccc32)c1. The van der Waals surface area contributed by atoms with Gasteiger partial charge in [-0.15, -0.1) is 5.10 Å². The Morgan fingerprint density at radius 1 is 1.19 bits per heavy atom. The van der Waals surface area contributed by atoms with Crippen LogP contribution in [0.5, 0.6) is 5.75 Å². The van der Waals surface area contributed by atoms with E-state index in [2.05, 4.69) is 10.3 Å². The van der Waals surface area contributed by atoms with Crippen molar-refractivity contribution in [1.82, 2.24) is 15.0 Å². The maximum atomic E-state index is 12.2. The zero-order chi connectivity index (χ0) is 14.7. The quantitative estimate of drug-likeness (QED) is 0.675. The number of aryl methyl sites for hydroxylation is 1. The Morgan fingerprint density at radius 2 is 2.05 bits per heavy atom. The van der Waals surface area contributed by atoms with Crippen LogP contribution in [0.2, 0.25) is 0 Å². The molecule has 0 atom stereocenters. The van der Waals surface area contributed by atoms with E-state index < -0.39 is 0 Å². The number of nitrogens with zero attached hydrogens (tertiary/aromatic N) is 3. The van der Waals surface area contributed by atoms with E-state index in [1.165, 1.54) is 0 Å². The van der Waals surface area contributed by atoms with Crippen molar-refractivity contribution in [2.24, 2.45) is 0 Å². The number of aromatic nitrogens is 3. The number of ether oxygens (including phenoxy) is 1. The van der Waals surface area contributed by atoms with Crippen LogP contribution in [0.25, 0.3) is 11.0 Å². The van der Waals surface area contributed by atoms with Crippen molar-refractivity contribution in [2.75, 3.05) is 7.11 Å². The van der Waals surface area contributed by atoms with Crippen molar-refractivity contribution in [1.29, 1.82) is 0 Å². The number of methoxy groups -OCH3 is 1. The van der Waals surface area contributed by atoms with Crippen molar-refractivity contribution in [3.05, 3.63) is 54.1 Å². The van der Waals surface area contributed by atoms with E-state index in [9.17, 15) is 4.79 Å². The van der Waals surface area contributed by atoms with Crippen LogP contribution in [-0.2, 0) is 6.54 Å². The molecule has 0 amide bonds. The van der Waals surface area contributed by atoms with E-state index in [1.54, 1.807) is 23.9 Å². The first-order chi connectivity index (χ1) is 10.3. The molecule has 0 radical (unpaired) electrons. The standard InChI is InChI=1S/C16H15N3O2/c1-21-13-6-4-5-12(11-13)16(20)9-10-19-15-8-3-2-7-14(15)17-18-19/h2-8,11H,9-10H2,1H3. The maximum absolute atomic E-state index is 12.2. The van der Waals surface area contributed by atoms with Gasteiger partial charge in [0.2, 0.25) is 0 Å². The van der Waals surface area contributed by atoms with Crippen molar-refractivity contribution < 1.29 is 9.53 Å². The molecule has 5 nitrogen and oxygen atoms in total. The lowest BCUT2D eigenvalue weighted by molar-refractivity contribution is 0.0975. The summed E-state index contributed by atoms with van der Waals surface area (Å²) < 4.78 is 6.89. The molecule has 21 heavy (non-hydrogen) atoms. The van der Waals surface area contributed by atoms with Crippen molar-refractivity contribution >= 4 is 16.8 Å². The number of hydrogen-bond acceptors (Lipinski definition) is 4. The number of hydrogen-bond donors (Lipinski definition) is 0. The lowest BCUT2D eigenvalue weighted by atomic mass is 10.1. The van der Waals surface area contributed by atoms with Gasteiger partial charge in [0, 0.05) is 12.0 Å². The topological polar surface area (TPSA) is 57.0 Å². The fourth-order valence-corrected chi connectivity index (χ4v) is 2.23. The summed E-state index contributed by atoms with van der Waals surface area (Å²) in [6, 6.07) is 14.9. The summed E-state index contributed by atoms with van der Waals surface area (Å²) >= 11 is 0. The third kappa shape index (κ3) is 2.76. The van der Waals surface area contributed by atoms with Gasteiger partial charge in [-0.05, 0) is 24.3 Å². The Kier molecular flexibility index (Phi) is 3.64. The van der Waals surface area contributed by atoms with Gasteiger partial charge in [-0.25, -0.2) is 4.68 Å². The molecule has 0 spiro atoms. The van der Waals surface area contributed by atoms with Crippen LogP contribution in [0, 0.1) is 0 Å². The van der Waals surface area contributed by atoms with E-state index >= 15 is 0 Å². The van der Waals surface area contributed by atoms with E-state index in [1.807, 2.05) is 36.4 Å². The second-order valence-corrected chi connectivity index (χ2v) is 4.71. The average Bonchev–Trinajstić information content (AvgIpc) is 2.96. The molecule has 0 aliphatic carbocycles. The van der Waals surface area contributed by atoms with Crippen LogP contribution in [0.1, 0.15) is 16.8 Å². The maximum Gasteiger partial charge on any atom is 0.164 e. The van der Waals surface area contributed by atoms with E-state index in [0.29, 0.717) is 24.3 Å². The van der Waals surface area contributed by atoms with Gasteiger partial charge < -0.3 is 4.74 Å². The molecular weight excluding hydrogens is 266 g/mol. The van der Waals surface area contributed by atoms with Gasteiger partial charge >= 0.3 is 0 Å². The highest BCUT2D eigenvalue weighted by Crippen LogP contribution is 2.15. The number of para-hydroxylation sites is 1. The Balaban J connectivity index is 1.73. The molecule has 0 unspecified atom stereocenters. The molecule has 1 aromatic heterocycles. The van der Waals surface area contributed by atoms with Gasteiger partial charge in [-0.2, -0.15) is 0 Å². The van der Waals surface area contributed by atoms with Crippen molar-refractivity contribution in [3.8, 4) is 5.75 Å². The molecule has 2 aromatic carbocycles. The molecule has 5 heteroatoms. The average molecular weight is 281 g/mol. The van der Waals surface area contributed by atoms with Gasteiger partial charge in [0.1, 0.15) is 11.3 Å². The van der Waals surface area contributed by atoms with E-state index in [4.69, 9.17) is 4.74 Å². The first-order valence-electron chi connectivity index (χ1n) is 6.73. The largest absolute Gasteiger partial charge is 0.497 e. The molecule has 0 bridgehead atoms. The Hall–Kier alpha value is -2.69. The minimum Gasteiger partial charge on any atom is -0.497 e. The molecular formula is C16H15N3O2. The number of benzene rings is 2. The minimum atomic E-state index is 0.0634. The highest BCUT2D eigenvalue weighted by Gasteiger charge is 2.09. The molecule has 0 saturated heterocycles. The van der Waals surface area contributed by atoms with Crippen LogP contribution in [0.4, 0.5) is 0 Å². The van der Waals surface area contributed by atoms with Crippen LogP contribution < -0.4 is 4.74 Å². The second-order valence-electron chi connectivity index (χ2n) is 4.71. The number of Topliss-reactive ketones (excluding diaryl/α,β-unsaturated/α-hetero) is 1. The molecule has 0 saturated carbocycles. The van der Waals surface area contributed by atoms with Gasteiger partial charge in [-0.1, -0.05) is 29.5 Å². The number of rotatable bonds is 5. The zero-order valence-electron chi connectivity index (χ0n) is 11.7. The van der Waals surface area contributed by atoms with Crippen molar-refractivity contribution in [2.45, 2.75) is 13.0 Å². The van der Waals surface area contributed by atoms with E-state index in [0.717, 1.165) is 11.0 Å². The molecule has 0 aliphatic rings. The summed E-state index contributed by atoms with van der Waals surface area (Å²) in [7, 11) is 1.59. The zero-order valence-corrected chi connectivity index (χ0v) is 11.7. The number of fused-ring (bicyclic) bond motifs is 1. The Labute approximate surface area is 122 Å². The van der Waals surface area contributed by atoms with Crippen LogP contribution in [0.15, 0.2) is 48.5 Å². The van der Waals surface area contributed by atoms with Gasteiger partial charge in [0.15, 0.2) is 5.78 Å². The first-order valence-corrected chi connectivity index (χ1v) is 6.73. The summed E-state index contributed by atoms with van der Waals surface area (Å²) in [5.74, 6) is 0.750. The lowest BCUT2D eigenvalue weighted by Gasteiger charge is -2.04. The summed E-state index contributed by atoms with van der Waals surface area (Å²) in [6.45, 7) is 0.510. The molecule has 1 heterocycles. The fraction of sp³-hybridized carbons (Fsp3) is 0.188. The number of ketones is 1. The van der Waals surface area contributed by atoms with Crippen LogP contribution >= 0.6 is 0 Å². The van der Waals surface area contributed by atoms with Gasteiger partial charge in [-0.3, -0.25) is 4.79 Å². The second kappa shape index (κ2) is 5.75. The highest BCUT2D eigenvalue weighted by molar-refractivity contribution is 5.96. The summed E-state index contributed by atoms with van der Waals surface area (Å²) in [5.41, 5.74) is 2.43. The van der Waals surface area contributed by atoms with Gasteiger partial charge in [0.05, 0.1) is 19.2 Å². The molecule has 0 N–H and O–H groups in total. The molecule has 106 valence electrons. The predicted octanol–water partition coefficient (Wildman–Crippen LogP) is 2.71. The van der Waals surface area contributed by atoms with Crippen LogP contribution in [0.3, 0.4) is 0 Å².